The molecule has 0 N–H and O–H groups in total. The first-order valence-electron chi connectivity index (χ1n) is 8.05. The highest BCUT2D eigenvalue weighted by molar-refractivity contribution is 7.84. The molecule has 5 nitrogen and oxygen atoms in total. The highest BCUT2D eigenvalue weighted by Crippen LogP contribution is 2.21. The molecule has 1 aliphatic rings. The molecule has 0 spiro atoms. The van der Waals surface area contributed by atoms with Crippen molar-refractivity contribution in [1.82, 2.24) is 9.88 Å². The van der Waals surface area contributed by atoms with Gasteiger partial charge in [0.2, 0.25) is 0 Å². The lowest BCUT2D eigenvalue weighted by molar-refractivity contribution is 0.0191. The van der Waals surface area contributed by atoms with Crippen LogP contribution < -0.4 is 0 Å². The first-order valence-corrected chi connectivity index (χ1v) is 9.54. The summed E-state index contributed by atoms with van der Waals surface area (Å²) < 4.78 is 17.7. The van der Waals surface area contributed by atoms with Crippen LogP contribution >= 0.6 is 0 Å². The zero-order valence-electron chi connectivity index (χ0n) is 14.2. The van der Waals surface area contributed by atoms with Crippen molar-refractivity contribution in [3.05, 3.63) is 30.1 Å². The van der Waals surface area contributed by atoms with Gasteiger partial charge in [-0.2, -0.15) is 0 Å². The minimum absolute atomic E-state index is 0.242. The number of likely N-dealkylation sites (tertiary alicyclic amines) is 1. The van der Waals surface area contributed by atoms with E-state index in [1.807, 2.05) is 32.9 Å². The third kappa shape index (κ3) is 6.29. The number of amides is 1. The molecule has 2 heterocycles. The molecule has 23 heavy (non-hydrogen) atoms. The molecule has 1 fully saturated rings. The first-order chi connectivity index (χ1) is 10.8. The third-order valence-electron chi connectivity index (χ3n) is 3.76. The Balaban J connectivity index is 1.74. The van der Waals surface area contributed by atoms with Crippen molar-refractivity contribution < 1.29 is 13.7 Å². The zero-order chi connectivity index (χ0) is 16.9. The Morgan fingerprint density at radius 1 is 1.30 bits per heavy atom. The quantitative estimate of drug-likeness (QED) is 0.847. The molecule has 2 rings (SSSR count). The Labute approximate surface area is 140 Å². The lowest BCUT2D eigenvalue weighted by Gasteiger charge is -2.33. The van der Waals surface area contributed by atoms with Gasteiger partial charge in [0, 0.05) is 47.8 Å². The molecule has 1 aromatic heterocycles. The average Bonchev–Trinajstić information content (AvgIpc) is 2.47. The number of piperidine rings is 1. The number of ether oxygens (including phenoxy) is 1. The maximum atomic E-state index is 12.3. The number of hydrogen-bond acceptors (Lipinski definition) is 4. The number of pyridine rings is 1. The van der Waals surface area contributed by atoms with Gasteiger partial charge >= 0.3 is 6.09 Å². The summed E-state index contributed by atoms with van der Waals surface area (Å²) in [5, 5.41) is 0. The van der Waals surface area contributed by atoms with Crippen molar-refractivity contribution in [2.75, 3.05) is 18.8 Å². The summed E-state index contributed by atoms with van der Waals surface area (Å²) in [6, 6.07) is 3.81. The summed E-state index contributed by atoms with van der Waals surface area (Å²) in [7, 11) is -0.869. The minimum Gasteiger partial charge on any atom is -0.444 e. The monoisotopic (exact) mass is 338 g/mol. The second-order valence-electron chi connectivity index (χ2n) is 7.02. The van der Waals surface area contributed by atoms with Crippen molar-refractivity contribution in [2.24, 2.45) is 5.92 Å². The fourth-order valence-electron chi connectivity index (χ4n) is 2.60. The maximum absolute atomic E-state index is 12.3. The van der Waals surface area contributed by atoms with E-state index in [1.54, 1.807) is 17.3 Å². The van der Waals surface area contributed by atoms with Gasteiger partial charge in [0.25, 0.3) is 0 Å². The molecule has 1 saturated heterocycles. The van der Waals surface area contributed by atoms with Crippen LogP contribution in [0.1, 0.15) is 39.2 Å². The maximum Gasteiger partial charge on any atom is 0.410 e. The SMILES string of the molecule is CC(C)(C)OC(=O)N1CCC(C[S@@](=O)Cc2ccncc2)CC1. The van der Waals surface area contributed by atoms with Gasteiger partial charge in [-0.1, -0.05) is 0 Å². The predicted octanol–water partition coefficient (Wildman–Crippen LogP) is 2.98. The van der Waals surface area contributed by atoms with Crippen LogP contribution in [0.3, 0.4) is 0 Å². The van der Waals surface area contributed by atoms with Gasteiger partial charge < -0.3 is 9.64 Å². The third-order valence-corrected chi connectivity index (χ3v) is 5.26. The van der Waals surface area contributed by atoms with E-state index in [0.717, 1.165) is 18.4 Å². The highest BCUT2D eigenvalue weighted by Gasteiger charge is 2.27. The number of carbonyl (C=O) groups excluding carboxylic acids is 1. The van der Waals surface area contributed by atoms with E-state index in [-0.39, 0.29) is 6.09 Å². The normalized spacial score (nSPS) is 17.8. The van der Waals surface area contributed by atoms with E-state index in [1.165, 1.54) is 0 Å². The molecule has 0 unspecified atom stereocenters. The molecule has 1 amide bonds. The lowest BCUT2D eigenvalue weighted by atomic mass is 9.99. The molecule has 0 aromatic carbocycles. The average molecular weight is 338 g/mol. The van der Waals surface area contributed by atoms with Gasteiger partial charge in [0.15, 0.2) is 0 Å². The second kappa shape index (κ2) is 7.90. The topological polar surface area (TPSA) is 59.5 Å². The van der Waals surface area contributed by atoms with E-state index in [2.05, 4.69) is 4.98 Å². The van der Waals surface area contributed by atoms with E-state index in [4.69, 9.17) is 4.74 Å². The van der Waals surface area contributed by atoms with E-state index in [9.17, 15) is 9.00 Å². The summed E-state index contributed by atoms with van der Waals surface area (Å²) in [6.45, 7) is 7.00. The van der Waals surface area contributed by atoms with E-state index >= 15 is 0 Å². The molecule has 1 aliphatic heterocycles. The van der Waals surface area contributed by atoms with Crippen molar-refractivity contribution in [2.45, 2.75) is 45.0 Å². The van der Waals surface area contributed by atoms with Gasteiger partial charge in [-0.25, -0.2) is 4.79 Å². The molecule has 1 atom stereocenters. The predicted molar refractivity (Wildman–Crippen MR) is 91.5 cm³/mol. The van der Waals surface area contributed by atoms with Crippen LogP contribution in [-0.4, -0.2) is 44.6 Å². The Bertz CT molecular complexity index is 535. The second-order valence-corrected chi connectivity index (χ2v) is 8.52. The first kappa shape index (κ1) is 17.9. The van der Waals surface area contributed by atoms with Gasteiger partial charge in [0.05, 0.1) is 0 Å². The van der Waals surface area contributed by atoms with Crippen LogP contribution in [0, 0.1) is 5.92 Å². The molecule has 0 saturated carbocycles. The number of hydrogen-bond donors (Lipinski definition) is 0. The van der Waals surface area contributed by atoms with Gasteiger partial charge in [-0.3, -0.25) is 9.19 Å². The van der Waals surface area contributed by atoms with Gasteiger partial charge in [-0.15, -0.1) is 0 Å². The standard InChI is InChI=1S/C17H26N2O3S/c1-17(2,3)22-16(20)19-10-6-15(7-11-19)13-23(21)12-14-4-8-18-9-5-14/h4-5,8-9,15H,6-7,10-13H2,1-3H3/t23-/m0/s1. The molecular weight excluding hydrogens is 312 g/mol. The molecule has 128 valence electrons. The largest absolute Gasteiger partial charge is 0.444 e. The summed E-state index contributed by atoms with van der Waals surface area (Å²) in [4.78, 5) is 17.7. The highest BCUT2D eigenvalue weighted by atomic mass is 32.2. The van der Waals surface area contributed by atoms with Crippen LogP contribution in [0.25, 0.3) is 0 Å². The smallest absolute Gasteiger partial charge is 0.410 e. The summed E-state index contributed by atoms with van der Waals surface area (Å²) in [5.41, 5.74) is 0.601. The Morgan fingerprint density at radius 3 is 2.48 bits per heavy atom. The fourth-order valence-corrected chi connectivity index (χ4v) is 4.14. The number of rotatable bonds is 4. The van der Waals surface area contributed by atoms with Crippen LogP contribution in [-0.2, 0) is 21.3 Å². The van der Waals surface area contributed by atoms with Crippen LogP contribution in [0.15, 0.2) is 24.5 Å². The minimum atomic E-state index is -0.869. The number of aromatic nitrogens is 1. The Morgan fingerprint density at radius 2 is 1.91 bits per heavy atom. The van der Waals surface area contributed by atoms with Gasteiger partial charge in [0.1, 0.15) is 5.60 Å². The molecule has 0 radical (unpaired) electrons. The van der Waals surface area contributed by atoms with Crippen molar-refractivity contribution in [1.29, 1.82) is 0 Å². The van der Waals surface area contributed by atoms with Gasteiger partial charge in [-0.05, 0) is 57.2 Å². The lowest BCUT2D eigenvalue weighted by Crippen LogP contribution is -2.42. The van der Waals surface area contributed by atoms with Crippen molar-refractivity contribution in [3.8, 4) is 0 Å². The Kier molecular flexibility index (Phi) is 6.16. The van der Waals surface area contributed by atoms with Crippen LogP contribution in [0.5, 0.6) is 0 Å². The van der Waals surface area contributed by atoms with E-state index in [0.29, 0.717) is 30.5 Å². The molecule has 0 aliphatic carbocycles. The van der Waals surface area contributed by atoms with Crippen LogP contribution in [0.4, 0.5) is 4.79 Å². The zero-order valence-corrected chi connectivity index (χ0v) is 15.0. The summed E-state index contributed by atoms with van der Waals surface area (Å²) in [5.74, 6) is 1.69. The van der Waals surface area contributed by atoms with Crippen molar-refractivity contribution in [3.63, 3.8) is 0 Å². The molecule has 1 aromatic rings. The van der Waals surface area contributed by atoms with E-state index < -0.39 is 16.4 Å². The number of carbonyl (C=O) groups is 1. The Hall–Kier alpha value is -1.43. The summed E-state index contributed by atoms with van der Waals surface area (Å²) >= 11 is 0. The molecule has 6 heteroatoms. The number of nitrogens with zero attached hydrogens (tertiary/aromatic N) is 2. The molecule has 0 bridgehead atoms. The van der Waals surface area contributed by atoms with Crippen molar-refractivity contribution >= 4 is 16.9 Å². The summed E-state index contributed by atoms with van der Waals surface area (Å²) in [6.07, 6.45) is 4.99. The van der Waals surface area contributed by atoms with Crippen LogP contribution in [0.2, 0.25) is 0 Å². The fraction of sp³-hybridized carbons (Fsp3) is 0.647. The molecular formula is C17H26N2O3S.